The van der Waals surface area contributed by atoms with Gasteiger partial charge in [0.2, 0.25) is 0 Å². The molecule has 0 spiro atoms. The zero-order valence-corrected chi connectivity index (χ0v) is 28.2. The fourth-order valence-corrected chi connectivity index (χ4v) is 6.17. The minimum absolute atomic E-state index is 0.623. The first-order chi connectivity index (χ1) is 19.6. The van der Waals surface area contributed by atoms with E-state index in [0.29, 0.717) is 11.8 Å². The fourth-order valence-electron chi connectivity index (χ4n) is 5.23. The molecule has 0 radical (unpaired) electrons. The van der Waals surface area contributed by atoms with Gasteiger partial charge in [0.05, 0.1) is 13.2 Å². The normalized spacial score (nSPS) is 12.8. The van der Waals surface area contributed by atoms with Crippen molar-refractivity contribution in [2.45, 2.75) is 89.7 Å². The molecule has 40 heavy (non-hydrogen) atoms. The van der Waals surface area contributed by atoms with Gasteiger partial charge >= 0.3 is 0 Å². The Morgan fingerprint density at radius 3 is 1.23 bits per heavy atom. The summed E-state index contributed by atoms with van der Waals surface area (Å²) in [6.07, 6.45) is 9.83. The van der Waals surface area contributed by atoms with E-state index in [1.165, 1.54) is 71.9 Å². The topological polar surface area (TPSA) is 18.5 Å². The van der Waals surface area contributed by atoms with Gasteiger partial charge in [-0.05, 0) is 82.3 Å². The van der Waals surface area contributed by atoms with Gasteiger partial charge in [-0.25, -0.2) is 0 Å². The summed E-state index contributed by atoms with van der Waals surface area (Å²) in [6, 6.07) is 21.9. The molecule has 0 aliphatic heterocycles. The second-order valence-corrected chi connectivity index (χ2v) is 12.0. The molecule has 2 atom stereocenters. The zero-order valence-electron chi connectivity index (χ0n) is 25.0. The summed E-state index contributed by atoms with van der Waals surface area (Å²) in [6.45, 7) is 10.6. The molecule has 0 aromatic heterocycles. The molecule has 0 aliphatic carbocycles. The lowest BCUT2D eigenvalue weighted by Gasteiger charge is -2.20. The molecule has 0 saturated heterocycles. The van der Waals surface area contributed by atoms with Crippen LogP contribution in [0.2, 0.25) is 0 Å². The minimum Gasteiger partial charge on any atom is -0.493 e. The van der Waals surface area contributed by atoms with Crippen LogP contribution in [0.25, 0.3) is 22.3 Å². The largest absolute Gasteiger partial charge is 0.493 e. The fraction of sp³-hybridized carbons (Fsp3) is 0.500. The highest BCUT2D eigenvalue weighted by atomic mass is 79.9. The Morgan fingerprint density at radius 2 is 0.925 bits per heavy atom. The molecule has 0 N–H and O–H groups in total. The number of hydrogen-bond donors (Lipinski definition) is 0. The number of alkyl halides is 2. The van der Waals surface area contributed by atoms with Crippen molar-refractivity contribution in [2.24, 2.45) is 11.8 Å². The van der Waals surface area contributed by atoms with E-state index in [4.69, 9.17) is 9.47 Å². The van der Waals surface area contributed by atoms with Crippen molar-refractivity contribution < 1.29 is 9.47 Å². The van der Waals surface area contributed by atoms with Crippen molar-refractivity contribution in [3.63, 3.8) is 0 Å². The Bertz CT molecular complexity index is 1030. The zero-order chi connectivity index (χ0) is 28.7. The van der Waals surface area contributed by atoms with E-state index in [1.807, 2.05) is 0 Å². The third-order valence-electron chi connectivity index (χ3n) is 8.01. The van der Waals surface area contributed by atoms with Gasteiger partial charge in [-0.1, -0.05) is 134 Å². The van der Waals surface area contributed by atoms with E-state index >= 15 is 0 Å². The van der Waals surface area contributed by atoms with Crippen molar-refractivity contribution in [3.8, 4) is 33.8 Å². The molecule has 3 rings (SSSR count). The molecule has 2 nitrogen and oxygen atoms in total. The molecule has 0 saturated carbocycles. The van der Waals surface area contributed by atoms with Crippen LogP contribution in [-0.2, 0) is 10.7 Å². The maximum absolute atomic E-state index is 6.22. The summed E-state index contributed by atoms with van der Waals surface area (Å²) in [5.41, 5.74) is 7.52. The van der Waals surface area contributed by atoms with Gasteiger partial charge < -0.3 is 9.47 Å². The third-order valence-corrected chi connectivity index (χ3v) is 9.22. The minimum atomic E-state index is 0.623. The van der Waals surface area contributed by atoms with Gasteiger partial charge in [0, 0.05) is 10.7 Å². The van der Waals surface area contributed by atoms with Crippen LogP contribution in [0.4, 0.5) is 0 Å². The first-order valence-electron chi connectivity index (χ1n) is 15.3. The molecule has 3 aromatic rings. The molecule has 4 heteroatoms. The lowest BCUT2D eigenvalue weighted by Crippen LogP contribution is -2.11. The predicted octanol–water partition coefficient (Wildman–Crippen LogP) is 12.0. The van der Waals surface area contributed by atoms with Crippen LogP contribution in [0.1, 0.15) is 90.2 Å². The molecule has 218 valence electrons. The van der Waals surface area contributed by atoms with Crippen LogP contribution in [0.15, 0.2) is 60.7 Å². The van der Waals surface area contributed by atoms with Gasteiger partial charge in [-0.15, -0.1) is 0 Å². The quantitative estimate of drug-likeness (QED) is 0.125. The highest BCUT2D eigenvalue weighted by Crippen LogP contribution is 2.40. The Hall–Kier alpha value is -1.78. The summed E-state index contributed by atoms with van der Waals surface area (Å²) < 4.78 is 12.4. The van der Waals surface area contributed by atoms with Crippen molar-refractivity contribution in [2.75, 3.05) is 13.2 Å². The van der Waals surface area contributed by atoms with Gasteiger partial charge in [-0.2, -0.15) is 0 Å². The van der Waals surface area contributed by atoms with Crippen LogP contribution < -0.4 is 9.47 Å². The number of ether oxygens (including phenoxy) is 2. The van der Waals surface area contributed by atoms with Crippen molar-refractivity contribution in [3.05, 3.63) is 71.8 Å². The molecule has 0 amide bonds. The second kappa shape index (κ2) is 17.9. The number of unbranched alkanes of at least 4 members (excludes halogenated alkanes) is 2. The monoisotopic (exact) mass is 670 g/mol. The Morgan fingerprint density at radius 1 is 0.550 bits per heavy atom. The van der Waals surface area contributed by atoms with E-state index in [2.05, 4.69) is 120 Å². The lowest BCUT2D eigenvalue weighted by molar-refractivity contribution is 0.233. The van der Waals surface area contributed by atoms with E-state index in [0.717, 1.165) is 48.2 Å². The van der Waals surface area contributed by atoms with E-state index in [-0.39, 0.29) is 0 Å². The second-order valence-electron chi connectivity index (χ2n) is 10.9. The average molecular weight is 673 g/mol. The summed E-state index contributed by atoms with van der Waals surface area (Å²) in [4.78, 5) is 0. The molecule has 0 fully saturated rings. The van der Waals surface area contributed by atoms with Crippen LogP contribution in [-0.4, -0.2) is 13.2 Å². The molecular formula is C36H48Br2O2. The van der Waals surface area contributed by atoms with Gasteiger partial charge in [0.15, 0.2) is 0 Å². The summed E-state index contributed by atoms with van der Waals surface area (Å²) in [5.74, 6) is 3.14. The van der Waals surface area contributed by atoms with E-state index in [1.54, 1.807) is 0 Å². The summed E-state index contributed by atoms with van der Waals surface area (Å²) in [5, 5.41) is 1.59. The number of halogens is 2. The molecular weight excluding hydrogens is 624 g/mol. The molecule has 0 heterocycles. The molecule has 3 aromatic carbocycles. The maximum Gasteiger partial charge on any atom is 0.119 e. The van der Waals surface area contributed by atoms with E-state index in [9.17, 15) is 0 Å². The van der Waals surface area contributed by atoms with Crippen molar-refractivity contribution in [1.29, 1.82) is 0 Å². The number of hydrogen-bond acceptors (Lipinski definition) is 2. The van der Waals surface area contributed by atoms with Crippen molar-refractivity contribution >= 4 is 31.9 Å². The van der Waals surface area contributed by atoms with Crippen LogP contribution in [0, 0.1) is 11.8 Å². The number of benzene rings is 3. The predicted molar refractivity (Wildman–Crippen MR) is 180 cm³/mol. The standard InChI is InChI=1S/C36H48Br2O2/c1-5-9-11-27(7-3)25-39-33-19-15-29(16-20-33)35-31(23-37)13-14-32(24-38)36(35)30-17-21-34(22-18-30)40-26-28(8-4)12-10-6-2/h13-22,27-28H,5-12,23-26H2,1-4H3. The Labute approximate surface area is 260 Å². The van der Waals surface area contributed by atoms with Crippen molar-refractivity contribution in [1.82, 2.24) is 0 Å². The first kappa shape index (κ1) is 32.7. The van der Waals surface area contributed by atoms with Gasteiger partial charge in [-0.3, -0.25) is 0 Å². The molecule has 2 unspecified atom stereocenters. The Balaban J connectivity index is 1.85. The third kappa shape index (κ3) is 9.38. The highest BCUT2D eigenvalue weighted by Gasteiger charge is 2.17. The maximum atomic E-state index is 6.22. The Kier molecular flexibility index (Phi) is 14.7. The molecule has 0 aliphatic rings. The van der Waals surface area contributed by atoms with Crippen LogP contribution in [0.5, 0.6) is 11.5 Å². The van der Waals surface area contributed by atoms with Gasteiger partial charge in [0.25, 0.3) is 0 Å². The smallest absolute Gasteiger partial charge is 0.119 e. The summed E-state index contributed by atoms with van der Waals surface area (Å²) >= 11 is 7.51. The number of rotatable bonds is 18. The van der Waals surface area contributed by atoms with Crippen LogP contribution in [0.3, 0.4) is 0 Å². The highest BCUT2D eigenvalue weighted by molar-refractivity contribution is 9.08. The lowest BCUT2D eigenvalue weighted by atomic mass is 9.88. The first-order valence-corrected chi connectivity index (χ1v) is 17.6. The van der Waals surface area contributed by atoms with Crippen LogP contribution >= 0.6 is 31.9 Å². The summed E-state index contributed by atoms with van der Waals surface area (Å²) in [7, 11) is 0. The average Bonchev–Trinajstić information content (AvgIpc) is 3.01. The molecule has 0 bridgehead atoms. The SMILES string of the molecule is CCCCC(CC)COc1ccc(-c2c(CBr)ccc(CBr)c2-c2ccc(OCC(CC)CCCC)cc2)cc1. The van der Waals surface area contributed by atoms with Gasteiger partial charge in [0.1, 0.15) is 11.5 Å². The van der Waals surface area contributed by atoms with E-state index < -0.39 is 0 Å².